The maximum Gasteiger partial charge on any atom is 0.320 e. The van der Waals surface area contributed by atoms with Gasteiger partial charge < -0.3 is 25.0 Å². The normalized spacial score (nSPS) is 33.3. The number of aliphatic hydroxyl groups excluding tert-OH is 1. The fourth-order valence-electron chi connectivity index (χ4n) is 8.71. The Bertz CT molecular complexity index is 1060. The summed E-state index contributed by atoms with van der Waals surface area (Å²) in [6.45, 7) is 9.75. The molecule has 3 heterocycles. The maximum atomic E-state index is 13.8. The molecular formula is C33H50N4O4. The topological polar surface area (TPSA) is 85.4 Å². The molecule has 5 aliphatic rings. The third-order valence-corrected chi connectivity index (χ3v) is 10.8. The van der Waals surface area contributed by atoms with E-state index in [1.54, 1.807) is 0 Å². The first kappa shape index (κ1) is 28.9. The summed E-state index contributed by atoms with van der Waals surface area (Å²) in [5.41, 5.74) is 1.07. The minimum Gasteiger partial charge on any atom is -0.393 e. The van der Waals surface area contributed by atoms with E-state index < -0.39 is 0 Å². The largest absolute Gasteiger partial charge is 0.393 e. The SMILES string of the molecule is CC(C)N1C(=O)N(CC2CCOCC2)CC12CC1CCCN(CC[C@H](NC(=O)C3CC(O)C3)c3ccccc3)C1C2. The molecular weight excluding hydrogens is 516 g/mol. The van der Waals surface area contributed by atoms with Crippen LogP contribution in [0.2, 0.25) is 0 Å². The first-order valence-corrected chi connectivity index (χ1v) is 16.3. The number of hydrogen-bond acceptors (Lipinski definition) is 5. The number of hydrogen-bond donors (Lipinski definition) is 2. The Morgan fingerprint density at radius 2 is 1.88 bits per heavy atom. The average molecular weight is 567 g/mol. The van der Waals surface area contributed by atoms with Crippen molar-refractivity contribution in [3.8, 4) is 0 Å². The van der Waals surface area contributed by atoms with Crippen molar-refractivity contribution in [2.24, 2.45) is 17.8 Å². The summed E-state index contributed by atoms with van der Waals surface area (Å²) in [6.07, 6.45) is 8.37. The van der Waals surface area contributed by atoms with Crippen LogP contribution in [0, 0.1) is 17.8 Å². The number of urea groups is 1. The molecule has 6 rings (SSSR count). The highest BCUT2D eigenvalue weighted by Gasteiger charge is 2.58. The molecule has 8 heteroatoms. The molecule has 3 amide bonds. The summed E-state index contributed by atoms with van der Waals surface area (Å²) >= 11 is 0. The molecule has 3 aliphatic heterocycles. The molecule has 41 heavy (non-hydrogen) atoms. The quantitative estimate of drug-likeness (QED) is 0.468. The molecule has 1 aromatic carbocycles. The lowest BCUT2D eigenvalue weighted by atomic mass is 9.81. The Labute approximate surface area is 245 Å². The number of likely N-dealkylation sites (tertiary alicyclic amines) is 1. The monoisotopic (exact) mass is 566 g/mol. The molecule has 2 saturated carbocycles. The van der Waals surface area contributed by atoms with Gasteiger partial charge in [0.15, 0.2) is 0 Å². The van der Waals surface area contributed by atoms with Crippen LogP contribution in [0.4, 0.5) is 4.79 Å². The zero-order valence-electron chi connectivity index (χ0n) is 25.0. The number of benzene rings is 1. The maximum absolute atomic E-state index is 13.8. The molecule has 0 aromatic heterocycles. The molecule has 1 aromatic rings. The van der Waals surface area contributed by atoms with E-state index in [2.05, 4.69) is 46.0 Å². The summed E-state index contributed by atoms with van der Waals surface area (Å²) in [5, 5.41) is 13.0. The Morgan fingerprint density at radius 1 is 1.12 bits per heavy atom. The van der Waals surface area contributed by atoms with Crippen LogP contribution in [0.25, 0.3) is 0 Å². The number of nitrogens with one attached hydrogen (secondary N) is 1. The van der Waals surface area contributed by atoms with Crippen molar-refractivity contribution in [3.63, 3.8) is 0 Å². The van der Waals surface area contributed by atoms with Crippen molar-refractivity contribution in [1.29, 1.82) is 0 Å². The van der Waals surface area contributed by atoms with E-state index in [1.165, 1.54) is 12.8 Å². The molecule has 226 valence electrons. The van der Waals surface area contributed by atoms with Crippen molar-refractivity contribution >= 4 is 11.9 Å². The Morgan fingerprint density at radius 3 is 2.59 bits per heavy atom. The summed E-state index contributed by atoms with van der Waals surface area (Å²) in [5.74, 6) is 1.16. The molecule has 4 atom stereocenters. The van der Waals surface area contributed by atoms with E-state index >= 15 is 0 Å². The van der Waals surface area contributed by atoms with E-state index in [0.717, 1.165) is 77.1 Å². The van der Waals surface area contributed by atoms with E-state index in [1.807, 2.05) is 18.2 Å². The van der Waals surface area contributed by atoms with Crippen LogP contribution in [0.1, 0.15) is 83.2 Å². The van der Waals surface area contributed by atoms with Gasteiger partial charge in [0.25, 0.3) is 0 Å². The zero-order valence-corrected chi connectivity index (χ0v) is 25.0. The van der Waals surface area contributed by atoms with Gasteiger partial charge in [0.1, 0.15) is 0 Å². The molecule has 2 N–H and O–H groups in total. The molecule has 8 nitrogen and oxygen atoms in total. The number of nitrogens with zero attached hydrogens (tertiary/aromatic N) is 3. The van der Waals surface area contributed by atoms with E-state index in [9.17, 15) is 14.7 Å². The van der Waals surface area contributed by atoms with Gasteiger partial charge in [-0.3, -0.25) is 9.69 Å². The minimum atomic E-state index is -0.332. The lowest BCUT2D eigenvalue weighted by Crippen LogP contribution is -2.50. The summed E-state index contributed by atoms with van der Waals surface area (Å²) in [6, 6.07) is 11.2. The average Bonchev–Trinajstić information content (AvgIpc) is 3.45. The number of fused-ring (bicyclic) bond motifs is 1. The van der Waals surface area contributed by atoms with Crippen molar-refractivity contribution in [3.05, 3.63) is 35.9 Å². The number of carbonyl (C=O) groups excluding carboxylic acids is 2. The van der Waals surface area contributed by atoms with Gasteiger partial charge in [0.2, 0.25) is 5.91 Å². The molecule has 5 fully saturated rings. The van der Waals surface area contributed by atoms with E-state index in [4.69, 9.17) is 4.74 Å². The van der Waals surface area contributed by atoms with Crippen LogP contribution in [0.3, 0.4) is 0 Å². The smallest absolute Gasteiger partial charge is 0.320 e. The molecule has 3 unspecified atom stereocenters. The Balaban J connectivity index is 1.14. The number of amides is 3. The fraction of sp³-hybridized carbons (Fsp3) is 0.758. The van der Waals surface area contributed by atoms with Crippen molar-refractivity contribution < 1.29 is 19.4 Å². The van der Waals surface area contributed by atoms with Crippen LogP contribution in [-0.4, -0.2) is 94.9 Å². The summed E-state index contributed by atoms with van der Waals surface area (Å²) < 4.78 is 5.58. The summed E-state index contributed by atoms with van der Waals surface area (Å²) in [7, 11) is 0. The van der Waals surface area contributed by atoms with Gasteiger partial charge in [-0.1, -0.05) is 30.3 Å². The predicted octanol–water partition coefficient (Wildman–Crippen LogP) is 4.19. The third-order valence-electron chi connectivity index (χ3n) is 10.8. The van der Waals surface area contributed by atoms with Gasteiger partial charge in [-0.2, -0.15) is 0 Å². The highest BCUT2D eigenvalue weighted by Crippen LogP contribution is 2.49. The second kappa shape index (κ2) is 12.2. The predicted molar refractivity (Wildman–Crippen MR) is 158 cm³/mol. The van der Waals surface area contributed by atoms with E-state index in [-0.39, 0.29) is 41.6 Å². The highest BCUT2D eigenvalue weighted by atomic mass is 16.5. The number of ether oxygens (including phenoxy) is 1. The van der Waals surface area contributed by atoms with Gasteiger partial charge >= 0.3 is 6.03 Å². The van der Waals surface area contributed by atoms with E-state index in [0.29, 0.717) is 30.7 Å². The standard InChI is InChI=1S/C33H50N4O4/c1-23(2)37-32(40)36(21-24-11-15-41-16-12-24)22-33(37)19-26-9-6-13-35(30(26)20-33)14-10-29(25-7-4-3-5-8-25)34-31(39)27-17-28(38)18-27/h3-5,7-8,23-24,26-30,38H,6,9-22H2,1-2H3,(H,34,39)/t26?,27?,28?,29-,30?,33?/m0/s1. The van der Waals surface area contributed by atoms with Gasteiger partial charge in [-0.15, -0.1) is 0 Å². The second-order valence-electron chi connectivity index (χ2n) is 13.9. The summed E-state index contributed by atoms with van der Waals surface area (Å²) in [4.78, 5) is 33.9. The van der Waals surface area contributed by atoms with Crippen LogP contribution in [0.5, 0.6) is 0 Å². The van der Waals surface area contributed by atoms with Crippen molar-refractivity contribution in [2.75, 3.05) is 39.4 Å². The fourth-order valence-corrected chi connectivity index (χ4v) is 8.71. The molecule has 0 radical (unpaired) electrons. The Hall–Kier alpha value is -2.16. The van der Waals surface area contributed by atoms with Gasteiger partial charge in [-0.25, -0.2) is 4.79 Å². The van der Waals surface area contributed by atoms with Gasteiger partial charge in [-0.05, 0) is 95.6 Å². The number of aliphatic hydroxyl groups is 1. The van der Waals surface area contributed by atoms with Gasteiger partial charge in [0.05, 0.1) is 17.7 Å². The first-order valence-electron chi connectivity index (χ1n) is 16.3. The van der Waals surface area contributed by atoms with Crippen LogP contribution in [-0.2, 0) is 9.53 Å². The first-order chi connectivity index (χ1) is 19.8. The minimum absolute atomic E-state index is 0.0348. The second-order valence-corrected chi connectivity index (χ2v) is 13.9. The third kappa shape index (κ3) is 6.02. The van der Waals surface area contributed by atoms with Crippen molar-refractivity contribution in [2.45, 2.75) is 101 Å². The number of piperidine rings is 1. The number of rotatable bonds is 9. The van der Waals surface area contributed by atoms with Gasteiger partial charge in [0, 0.05) is 50.8 Å². The molecule has 2 aliphatic carbocycles. The number of carbonyl (C=O) groups is 2. The zero-order chi connectivity index (χ0) is 28.6. The Kier molecular flexibility index (Phi) is 8.62. The van der Waals surface area contributed by atoms with Crippen molar-refractivity contribution in [1.82, 2.24) is 20.0 Å². The molecule has 0 bridgehead atoms. The van der Waals surface area contributed by atoms with Crippen LogP contribution >= 0.6 is 0 Å². The lowest BCUT2D eigenvalue weighted by molar-refractivity contribution is -0.132. The lowest BCUT2D eigenvalue weighted by Gasteiger charge is -2.39. The molecule has 1 spiro atoms. The molecule has 3 saturated heterocycles. The highest BCUT2D eigenvalue weighted by molar-refractivity contribution is 5.80. The van der Waals surface area contributed by atoms with Crippen LogP contribution in [0.15, 0.2) is 30.3 Å². The van der Waals surface area contributed by atoms with Crippen LogP contribution < -0.4 is 5.32 Å².